The molecule has 4 nitrogen and oxygen atoms in total. The molecule has 0 aromatic heterocycles. The van der Waals surface area contributed by atoms with Gasteiger partial charge in [0.15, 0.2) is 12.1 Å². The number of Topliss-reactive ketones (excluding diaryl/α,β-unsaturated/α-hetero) is 1. The molecule has 1 aromatic carbocycles. The van der Waals surface area contributed by atoms with Gasteiger partial charge in [-0.25, -0.2) is 0 Å². The van der Waals surface area contributed by atoms with E-state index in [1.54, 1.807) is 6.92 Å². The summed E-state index contributed by atoms with van der Waals surface area (Å²) in [4.78, 5) is 12.4. The fourth-order valence-corrected chi connectivity index (χ4v) is 5.38. The zero-order valence-corrected chi connectivity index (χ0v) is 14.8. The lowest BCUT2D eigenvalue weighted by Gasteiger charge is -2.45. The van der Waals surface area contributed by atoms with Crippen molar-refractivity contribution in [1.82, 2.24) is 0 Å². The van der Waals surface area contributed by atoms with E-state index < -0.39 is 17.7 Å². The summed E-state index contributed by atoms with van der Waals surface area (Å²) < 4.78 is 11.7. The number of fused-ring (bicyclic) bond motifs is 2. The molecule has 2 saturated heterocycles. The Hall–Kier alpha value is -0.880. The number of ether oxygens (including phenoxy) is 2. The van der Waals surface area contributed by atoms with Gasteiger partial charge in [0.25, 0.3) is 0 Å². The fraction of sp³-hybridized carbons (Fsp3) is 0.632. The third kappa shape index (κ3) is 2.71. The molecule has 2 aliphatic heterocycles. The Morgan fingerprint density at radius 3 is 2.88 bits per heavy atom. The van der Waals surface area contributed by atoms with Crippen molar-refractivity contribution in [1.29, 1.82) is 0 Å². The minimum atomic E-state index is -1.27. The second-order valence-corrected chi connectivity index (χ2v) is 8.55. The second kappa shape index (κ2) is 6.13. The van der Waals surface area contributed by atoms with Crippen LogP contribution in [0.2, 0.25) is 0 Å². The quantitative estimate of drug-likeness (QED) is 0.801. The number of rotatable bonds is 6. The van der Waals surface area contributed by atoms with Crippen LogP contribution in [0.4, 0.5) is 0 Å². The molecular weight excluding hydrogens is 324 g/mol. The molecule has 5 atom stereocenters. The van der Waals surface area contributed by atoms with Gasteiger partial charge in [0.2, 0.25) is 0 Å². The maximum Gasteiger partial charge on any atom is 0.198 e. The van der Waals surface area contributed by atoms with E-state index in [0.717, 1.165) is 24.3 Å². The first-order chi connectivity index (χ1) is 11.5. The number of thioether (sulfide) groups is 1. The summed E-state index contributed by atoms with van der Waals surface area (Å²) in [5.74, 6) is 0.797. The molecule has 1 saturated carbocycles. The summed E-state index contributed by atoms with van der Waals surface area (Å²) in [6.07, 6.45) is 2.41. The van der Waals surface area contributed by atoms with Crippen LogP contribution in [0.25, 0.3) is 0 Å². The van der Waals surface area contributed by atoms with Crippen LogP contribution in [0.1, 0.15) is 31.7 Å². The first kappa shape index (κ1) is 16.6. The number of aliphatic hydroxyl groups is 1. The standard InChI is InChI=1S/C19H24O4S/c1-18-11-16(20)14-10-19(18,21)23-17(22-18)15(14)12-24-9-5-8-13-6-3-2-4-7-13/h2-4,6-7,14-15,17,21H,5,8-12H2,1H3/t14-,15-,17+,18+,19-/m1/s1. The van der Waals surface area contributed by atoms with Crippen molar-refractivity contribution in [3.63, 3.8) is 0 Å². The molecular formula is C19H24O4S. The van der Waals surface area contributed by atoms with Crippen LogP contribution in [-0.4, -0.2) is 40.1 Å². The number of ketones is 1. The van der Waals surface area contributed by atoms with Crippen molar-refractivity contribution >= 4 is 17.5 Å². The van der Waals surface area contributed by atoms with Crippen LogP contribution in [-0.2, 0) is 20.7 Å². The van der Waals surface area contributed by atoms with E-state index >= 15 is 0 Å². The molecule has 130 valence electrons. The highest BCUT2D eigenvalue weighted by Gasteiger charge is 2.69. The normalized spacial score (nSPS) is 40.2. The topological polar surface area (TPSA) is 55.8 Å². The van der Waals surface area contributed by atoms with E-state index in [4.69, 9.17) is 9.47 Å². The van der Waals surface area contributed by atoms with E-state index in [1.807, 2.05) is 17.8 Å². The Balaban J connectivity index is 1.30. The van der Waals surface area contributed by atoms with E-state index in [2.05, 4.69) is 24.3 Å². The van der Waals surface area contributed by atoms with Crippen LogP contribution in [0.15, 0.2) is 30.3 Å². The molecule has 0 amide bonds. The molecule has 0 radical (unpaired) electrons. The lowest BCUT2D eigenvalue weighted by molar-refractivity contribution is -0.266. The Bertz CT molecular complexity index is 621. The summed E-state index contributed by atoms with van der Waals surface area (Å²) in [5, 5.41) is 10.6. The van der Waals surface area contributed by atoms with Crippen LogP contribution >= 0.6 is 11.8 Å². The van der Waals surface area contributed by atoms with Gasteiger partial charge < -0.3 is 14.6 Å². The van der Waals surface area contributed by atoms with Gasteiger partial charge in [-0.1, -0.05) is 30.3 Å². The third-order valence-electron chi connectivity index (χ3n) is 5.71. The number of carbonyl (C=O) groups is 1. The van der Waals surface area contributed by atoms with Gasteiger partial charge in [0.1, 0.15) is 11.4 Å². The number of benzene rings is 1. The number of hydrogen-bond donors (Lipinski definition) is 1. The van der Waals surface area contributed by atoms with Crippen LogP contribution in [0, 0.1) is 11.8 Å². The minimum Gasteiger partial charge on any atom is -0.363 e. The van der Waals surface area contributed by atoms with Gasteiger partial charge in [-0.05, 0) is 31.1 Å². The molecule has 1 aromatic rings. The van der Waals surface area contributed by atoms with Gasteiger partial charge >= 0.3 is 0 Å². The molecule has 3 fully saturated rings. The zero-order valence-electron chi connectivity index (χ0n) is 13.9. The maximum absolute atomic E-state index is 12.4. The number of hydrogen-bond acceptors (Lipinski definition) is 5. The van der Waals surface area contributed by atoms with Crippen molar-refractivity contribution in [2.75, 3.05) is 11.5 Å². The third-order valence-corrected chi connectivity index (χ3v) is 6.91. The minimum absolute atomic E-state index is 0.0591. The molecule has 1 aliphatic carbocycles. The SMILES string of the molecule is C[C@]12CC(=O)[C@@H]3C[C@@]1(O)O[C@H](O2)[C@@H]3CSCCCc1ccccc1. The summed E-state index contributed by atoms with van der Waals surface area (Å²) in [7, 11) is 0. The van der Waals surface area contributed by atoms with Crippen LogP contribution in [0.3, 0.4) is 0 Å². The van der Waals surface area contributed by atoms with Crippen molar-refractivity contribution in [2.24, 2.45) is 11.8 Å². The van der Waals surface area contributed by atoms with Gasteiger partial charge in [-0.15, -0.1) is 0 Å². The molecule has 3 aliphatic rings. The van der Waals surface area contributed by atoms with Crippen LogP contribution < -0.4 is 0 Å². The van der Waals surface area contributed by atoms with Crippen molar-refractivity contribution in [3.8, 4) is 0 Å². The monoisotopic (exact) mass is 348 g/mol. The summed E-state index contributed by atoms with van der Waals surface area (Å²) in [6.45, 7) is 1.80. The van der Waals surface area contributed by atoms with Gasteiger partial charge in [-0.2, -0.15) is 11.8 Å². The van der Waals surface area contributed by atoms with Gasteiger partial charge in [0.05, 0.1) is 0 Å². The summed E-state index contributed by atoms with van der Waals surface area (Å²) in [5.41, 5.74) is 0.503. The first-order valence-corrected chi connectivity index (χ1v) is 9.89. The maximum atomic E-state index is 12.4. The smallest absolute Gasteiger partial charge is 0.198 e. The number of aryl methyl sites for hydroxylation is 1. The highest BCUT2D eigenvalue weighted by Crippen LogP contribution is 2.56. The molecule has 5 heteroatoms. The van der Waals surface area contributed by atoms with E-state index in [-0.39, 0.29) is 24.0 Å². The highest BCUT2D eigenvalue weighted by molar-refractivity contribution is 7.99. The lowest BCUT2D eigenvalue weighted by Crippen LogP contribution is -2.59. The largest absolute Gasteiger partial charge is 0.363 e. The van der Waals surface area contributed by atoms with Crippen molar-refractivity contribution < 1.29 is 19.4 Å². The second-order valence-electron chi connectivity index (χ2n) is 7.40. The fourth-order valence-electron chi connectivity index (χ4n) is 4.20. The van der Waals surface area contributed by atoms with Gasteiger partial charge in [0, 0.05) is 30.4 Å². The summed E-state index contributed by atoms with van der Waals surface area (Å²) >= 11 is 1.86. The molecule has 24 heavy (non-hydrogen) atoms. The van der Waals surface area contributed by atoms with E-state index in [9.17, 15) is 9.90 Å². The molecule has 4 rings (SSSR count). The predicted octanol–water partition coefficient (Wildman–Crippen LogP) is 2.78. The highest BCUT2D eigenvalue weighted by atomic mass is 32.2. The first-order valence-electron chi connectivity index (χ1n) is 8.73. The van der Waals surface area contributed by atoms with Crippen molar-refractivity contribution in [3.05, 3.63) is 35.9 Å². The Morgan fingerprint density at radius 2 is 2.08 bits per heavy atom. The zero-order chi connectivity index (χ0) is 16.8. The molecule has 2 heterocycles. The van der Waals surface area contributed by atoms with E-state index in [1.165, 1.54) is 5.56 Å². The molecule has 0 unspecified atom stereocenters. The predicted molar refractivity (Wildman–Crippen MR) is 92.6 cm³/mol. The summed E-state index contributed by atoms with van der Waals surface area (Å²) in [6, 6.07) is 10.5. The van der Waals surface area contributed by atoms with Crippen LogP contribution in [0.5, 0.6) is 0 Å². The van der Waals surface area contributed by atoms with E-state index in [0.29, 0.717) is 6.42 Å². The lowest BCUT2D eigenvalue weighted by atomic mass is 9.70. The van der Waals surface area contributed by atoms with Gasteiger partial charge in [-0.3, -0.25) is 4.79 Å². The molecule has 0 spiro atoms. The Kier molecular flexibility index (Phi) is 4.23. The average Bonchev–Trinajstić information content (AvgIpc) is 2.72. The molecule has 1 N–H and O–H groups in total. The average molecular weight is 348 g/mol. The molecule has 3 bridgehead atoms. The Morgan fingerprint density at radius 1 is 1.29 bits per heavy atom. The van der Waals surface area contributed by atoms with Crippen molar-refractivity contribution in [2.45, 2.75) is 50.3 Å². The Labute approximate surface area is 146 Å². The number of carbonyl (C=O) groups excluding carboxylic acids is 1.